The van der Waals surface area contributed by atoms with Gasteiger partial charge in [-0.15, -0.1) is 0 Å². The van der Waals surface area contributed by atoms with Gasteiger partial charge in [0.25, 0.3) is 0 Å². The predicted molar refractivity (Wildman–Crippen MR) is 113 cm³/mol. The fraction of sp³-hybridized carbons (Fsp3) is 0.304. The van der Waals surface area contributed by atoms with Gasteiger partial charge in [0.1, 0.15) is 12.4 Å². The van der Waals surface area contributed by atoms with Crippen molar-refractivity contribution in [1.82, 2.24) is 5.32 Å². The van der Waals surface area contributed by atoms with Crippen molar-refractivity contribution in [3.05, 3.63) is 65.2 Å². The maximum atomic E-state index is 12.9. The van der Waals surface area contributed by atoms with E-state index in [9.17, 15) is 9.59 Å². The van der Waals surface area contributed by atoms with Crippen LogP contribution >= 0.6 is 0 Å². The molecule has 0 aromatic heterocycles. The Kier molecular flexibility index (Phi) is 6.03. The Morgan fingerprint density at radius 2 is 1.86 bits per heavy atom. The number of carbonyl (C=O) groups is 2. The highest BCUT2D eigenvalue weighted by molar-refractivity contribution is 6.09. The lowest BCUT2D eigenvalue weighted by Crippen LogP contribution is -2.43. The van der Waals surface area contributed by atoms with Gasteiger partial charge in [0.2, 0.25) is 5.91 Å². The molecule has 6 heteroatoms. The summed E-state index contributed by atoms with van der Waals surface area (Å²) in [6.45, 7) is 4.20. The van der Waals surface area contributed by atoms with Crippen molar-refractivity contribution in [3.8, 4) is 5.75 Å². The van der Waals surface area contributed by atoms with Crippen molar-refractivity contribution in [2.75, 3.05) is 26.1 Å². The lowest BCUT2D eigenvalue weighted by Gasteiger charge is -2.35. The number of benzene rings is 2. The molecule has 1 aliphatic heterocycles. The van der Waals surface area contributed by atoms with E-state index in [-0.39, 0.29) is 23.8 Å². The lowest BCUT2D eigenvalue weighted by molar-refractivity contribution is -0.119. The second kappa shape index (κ2) is 8.49. The Balaban J connectivity index is 1.85. The molecule has 0 aliphatic carbocycles. The van der Waals surface area contributed by atoms with Gasteiger partial charge < -0.3 is 20.1 Å². The van der Waals surface area contributed by atoms with Crippen LogP contribution in [0.15, 0.2) is 48.5 Å². The van der Waals surface area contributed by atoms with Crippen molar-refractivity contribution < 1.29 is 19.1 Å². The SMILES string of the molecule is COCC(=O)Nc1ccc(C(=O)/C=C2\NC(C)(C)Cc3ccc(OC)cc32)cc1. The molecule has 0 atom stereocenters. The van der Waals surface area contributed by atoms with Crippen LogP contribution in [0.5, 0.6) is 5.75 Å². The first-order valence-corrected chi connectivity index (χ1v) is 9.41. The average Bonchev–Trinajstić information content (AvgIpc) is 2.67. The van der Waals surface area contributed by atoms with Crippen molar-refractivity contribution in [2.24, 2.45) is 0 Å². The minimum Gasteiger partial charge on any atom is -0.497 e. The first-order chi connectivity index (χ1) is 13.8. The number of rotatable bonds is 6. The van der Waals surface area contributed by atoms with E-state index in [0.717, 1.165) is 23.4 Å². The van der Waals surface area contributed by atoms with Crippen LogP contribution in [0.4, 0.5) is 5.69 Å². The van der Waals surface area contributed by atoms with E-state index in [4.69, 9.17) is 9.47 Å². The van der Waals surface area contributed by atoms with Crippen LogP contribution in [0.3, 0.4) is 0 Å². The van der Waals surface area contributed by atoms with E-state index in [2.05, 4.69) is 24.5 Å². The molecule has 2 aromatic rings. The Bertz CT molecular complexity index is 946. The van der Waals surface area contributed by atoms with Gasteiger partial charge in [0, 0.05) is 41.2 Å². The molecule has 6 nitrogen and oxygen atoms in total. The van der Waals surface area contributed by atoms with E-state index in [1.54, 1.807) is 37.5 Å². The molecule has 0 bridgehead atoms. The number of amides is 1. The molecule has 1 amide bonds. The Morgan fingerprint density at radius 3 is 2.52 bits per heavy atom. The van der Waals surface area contributed by atoms with Crippen LogP contribution in [-0.2, 0) is 16.0 Å². The number of ether oxygens (including phenoxy) is 2. The normalized spacial score (nSPS) is 15.9. The average molecular weight is 394 g/mol. The highest BCUT2D eigenvalue weighted by atomic mass is 16.5. The smallest absolute Gasteiger partial charge is 0.250 e. The molecule has 0 fully saturated rings. The van der Waals surface area contributed by atoms with Crippen molar-refractivity contribution >= 4 is 23.1 Å². The highest BCUT2D eigenvalue weighted by Crippen LogP contribution is 2.32. The molecule has 29 heavy (non-hydrogen) atoms. The highest BCUT2D eigenvalue weighted by Gasteiger charge is 2.28. The number of anilines is 1. The van der Waals surface area contributed by atoms with Crippen molar-refractivity contribution in [3.63, 3.8) is 0 Å². The number of hydrogen-bond acceptors (Lipinski definition) is 5. The summed E-state index contributed by atoms with van der Waals surface area (Å²) in [5.41, 5.74) is 3.91. The number of hydrogen-bond donors (Lipinski definition) is 2. The summed E-state index contributed by atoms with van der Waals surface area (Å²) in [5.74, 6) is 0.390. The predicted octanol–water partition coefficient (Wildman–Crippen LogP) is 3.43. The first-order valence-electron chi connectivity index (χ1n) is 9.41. The maximum absolute atomic E-state index is 12.9. The molecular formula is C23H26N2O4. The second-order valence-corrected chi connectivity index (χ2v) is 7.69. The minimum atomic E-state index is -0.243. The summed E-state index contributed by atoms with van der Waals surface area (Å²) in [6.07, 6.45) is 2.48. The van der Waals surface area contributed by atoms with E-state index in [1.807, 2.05) is 18.2 Å². The fourth-order valence-corrected chi connectivity index (χ4v) is 3.41. The first kappa shape index (κ1) is 20.6. The van der Waals surface area contributed by atoms with E-state index < -0.39 is 0 Å². The van der Waals surface area contributed by atoms with Crippen LogP contribution in [0.2, 0.25) is 0 Å². The zero-order valence-corrected chi connectivity index (χ0v) is 17.2. The summed E-state index contributed by atoms with van der Waals surface area (Å²) in [7, 11) is 3.09. The van der Waals surface area contributed by atoms with Gasteiger partial charge in [-0.1, -0.05) is 6.07 Å². The van der Waals surface area contributed by atoms with Gasteiger partial charge >= 0.3 is 0 Å². The molecule has 2 N–H and O–H groups in total. The number of allylic oxidation sites excluding steroid dienone is 1. The standard InChI is InChI=1S/C23H26N2O4/c1-23(2)13-16-7-10-18(29-4)11-19(16)20(25-23)12-21(26)15-5-8-17(9-6-15)24-22(27)14-28-3/h5-12,25H,13-14H2,1-4H3,(H,24,27)/b20-12-. The molecule has 3 rings (SSSR count). The summed E-state index contributed by atoms with van der Waals surface area (Å²) < 4.78 is 10.1. The molecule has 1 heterocycles. The summed E-state index contributed by atoms with van der Waals surface area (Å²) >= 11 is 0. The zero-order valence-electron chi connectivity index (χ0n) is 17.2. The monoisotopic (exact) mass is 394 g/mol. The van der Waals surface area contributed by atoms with Crippen LogP contribution in [-0.4, -0.2) is 38.1 Å². The van der Waals surface area contributed by atoms with E-state index >= 15 is 0 Å². The topological polar surface area (TPSA) is 76.7 Å². The van der Waals surface area contributed by atoms with Gasteiger partial charge in [-0.2, -0.15) is 0 Å². The van der Waals surface area contributed by atoms with Crippen LogP contribution in [0, 0.1) is 0 Å². The molecule has 0 saturated heterocycles. The van der Waals surface area contributed by atoms with E-state index in [1.165, 1.54) is 12.7 Å². The molecule has 152 valence electrons. The Morgan fingerprint density at radius 1 is 1.14 bits per heavy atom. The fourth-order valence-electron chi connectivity index (χ4n) is 3.41. The lowest BCUT2D eigenvalue weighted by atomic mass is 9.85. The molecule has 0 saturated carbocycles. The van der Waals surface area contributed by atoms with Crippen molar-refractivity contribution in [1.29, 1.82) is 0 Å². The minimum absolute atomic E-state index is 0.0168. The summed E-state index contributed by atoms with van der Waals surface area (Å²) in [6, 6.07) is 12.7. The van der Waals surface area contributed by atoms with Gasteiger partial charge in [-0.05, 0) is 62.2 Å². The second-order valence-electron chi connectivity index (χ2n) is 7.69. The quantitative estimate of drug-likeness (QED) is 0.580. The largest absolute Gasteiger partial charge is 0.497 e. The van der Waals surface area contributed by atoms with Crippen LogP contribution in [0.25, 0.3) is 5.70 Å². The van der Waals surface area contributed by atoms with Gasteiger partial charge in [-0.25, -0.2) is 0 Å². The number of nitrogens with one attached hydrogen (secondary N) is 2. The number of fused-ring (bicyclic) bond motifs is 1. The molecule has 0 spiro atoms. The number of ketones is 1. The zero-order chi connectivity index (χ0) is 21.0. The Labute approximate surface area is 170 Å². The van der Waals surface area contributed by atoms with Gasteiger partial charge in [-0.3, -0.25) is 9.59 Å². The summed E-state index contributed by atoms with van der Waals surface area (Å²) in [5, 5.41) is 6.18. The maximum Gasteiger partial charge on any atom is 0.250 e. The molecule has 0 unspecified atom stereocenters. The van der Waals surface area contributed by atoms with Crippen LogP contribution < -0.4 is 15.4 Å². The molecule has 1 aliphatic rings. The number of methoxy groups -OCH3 is 2. The van der Waals surface area contributed by atoms with Gasteiger partial charge in [0.15, 0.2) is 5.78 Å². The molecule has 2 aromatic carbocycles. The molecular weight excluding hydrogens is 368 g/mol. The third-order valence-corrected chi connectivity index (χ3v) is 4.72. The third-order valence-electron chi connectivity index (χ3n) is 4.72. The third kappa shape index (κ3) is 5.03. The summed E-state index contributed by atoms with van der Waals surface area (Å²) in [4.78, 5) is 24.5. The molecule has 0 radical (unpaired) electrons. The van der Waals surface area contributed by atoms with Gasteiger partial charge in [0.05, 0.1) is 7.11 Å². The van der Waals surface area contributed by atoms with Crippen LogP contribution in [0.1, 0.15) is 35.3 Å². The van der Waals surface area contributed by atoms with E-state index in [0.29, 0.717) is 11.3 Å². The van der Waals surface area contributed by atoms with Crippen molar-refractivity contribution in [2.45, 2.75) is 25.8 Å². The Hall–Kier alpha value is -3.12. The number of carbonyl (C=O) groups excluding carboxylic acids is 2.